The number of nitriles is 1. The molecule has 0 amide bonds. The Bertz CT molecular complexity index is 277. The Morgan fingerprint density at radius 2 is 2.00 bits per heavy atom. The lowest BCUT2D eigenvalue weighted by atomic mass is 9.94. The zero-order valence-electron chi connectivity index (χ0n) is 10.6. The minimum Gasteiger partial charge on any atom is -0.315 e. The number of piperidine rings is 1. The van der Waals surface area contributed by atoms with Crippen LogP contribution in [-0.4, -0.2) is 44.3 Å². The van der Waals surface area contributed by atoms with Gasteiger partial charge in [0, 0.05) is 6.54 Å². The molecule has 1 rings (SSSR count). The Balaban J connectivity index is 2.13. The van der Waals surface area contributed by atoms with Gasteiger partial charge in [-0.15, -0.1) is 0 Å². The van der Waals surface area contributed by atoms with Crippen LogP contribution in [0.2, 0.25) is 0 Å². The van der Waals surface area contributed by atoms with Crippen molar-refractivity contribution in [2.24, 2.45) is 11.8 Å². The fourth-order valence-electron chi connectivity index (χ4n) is 2.14. The second kappa shape index (κ2) is 6.95. The van der Waals surface area contributed by atoms with Crippen LogP contribution in [0, 0.1) is 23.2 Å². The number of nitrogens with zero attached hydrogens (tertiary/aromatic N) is 2. The molecule has 1 unspecified atom stereocenters. The van der Waals surface area contributed by atoms with E-state index in [4.69, 9.17) is 5.26 Å². The third-order valence-electron chi connectivity index (χ3n) is 3.47. The van der Waals surface area contributed by atoms with Gasteiger partial charge in [-0.1, -0.05) is 0 Å². The highest BCUT2D eigenvalue weighted by molar-refractivity contribution is 4.89. The molecule has 0 saturated carbocycles. The molecule has 104 valence electrons. The predicted molar refractivity (Wildman–Crippen MR) is 62.9 cm³/mol. The summed E-state index contributed by atoms with van der Waals surface area (Å²) in [4.78, 5) is 2.26. The van der Waals surface area contributed by atoms with Gasteiger partial charge in [0.15, 0.2) is 5.92 Å². The van der Waals surface area contributed by atoms with Crippen molar-refractivity contribution in [2.75, 3.05) is 33.2 Å². The lowest BCUT2D eigenvalue weighted by Crippen LogP contribution is -2.35. The second-order valence-electron chi connectivity index (χ2n) is 4.96. The highest BCUT2D eigenvalue weighted by Crippen LogP contribution is 2.25. The van der Waals surface area contributed by atoms with E-state index < -0.39 is 12.1 Å². The second-order valence-corrected chi connectivity index (χ2v) is 4.96. The van der Waals surface area contributed by atoms with Gasteiger partial charge >= 0.3 is 6.18 Å². The molecular formula is C12H20F3N3. The van der Waals surface area contributed by atoms with Gasteiger partial charge in [-0.2, -0.15) is 18.4 Å². The van der Waals surface area contributed by atoms with Crippen molar-refractivity contribution in [1.29, 1.82) is 5.26 Å². The third-order valence-corrected chi connectivity index (χ3v) is 3.47. The Morgan fingerprint density at radius 3 is 2.50 bits per heavy atom. The van der Waals surface area contributed by atoms with E-state index in [1.807, 2.05) is 0 Å². The Morgan fingerprint density at radius 1 is 1.39 bits per heavy atom. The average molecular weight is 263 g/mol. The average Bonchev–Trinajstić information content (AvgIpc) is 2.30. The van der Waals surface area contributed by atoms with Crippen LogP contribution in [0.1, 0.15) is 19.3 Å². The van der Waals surface area contributed by atoms with Crippen LogP contribution >= 0.6 is 0 Å². The SMILES string of the molecule is CN1CCC(CCNCC(C#N)C(F)(F)F)CC1. The van der Waals surface area contributed by atoms with Gasteiger partial charge in [-0.05, 0) is 51.9 Å². The molecule has 0 aromatic rings. The van der Waals surface area contributed by atoms with E-state index in [0.717, 1.165) is 32.4 Å². The third kappa shape index (κ3) is 5.23. The maximum Gasteiger partial charge on any atom is 0.405 e. The van der Waals surface area contributed by atoms with Crippen LogP contribution in [0.4, 0.5) is 13.2 Å². The molecule has 0 spiro atoms. The zero-order valence-corrected chi connectivity index (χ0v) is 10.6. The molecule has 0 aliphatic carbocycles. The normalized spacial score (nSPS) is 20.6. The summed E-state index contributed by atoms with van der Waals surface area (Å²) < 4.78 is 36.8. The van der Waals surface area contributed by atoms with Crippen molar-refractivity contribution in [2.45, 2.75) is 25.4 Å². The summed E-state index contributed by atoms with van der Waals surface area (Å²) >= 11 is 0. The summed E-state index contributed by atoms with van der Waals surface area (Å²) in [7, 11) is 2.08. The molecule has 1 atom stereocenters. The molecule has 0 radical (unpaired) electrons. The zero-order chi connectivity index (χ0) is 13.6. The molecule has 18 heavy (non-hydrogen) atoms. The first-order valence-electron chi connectivity index (χ1n) is 6.29. The minimum atomic E-state index is -4.42. The quantitative estimate of drug-likeness (QED) is 0.771. The number of alkyl halides is 3. The van der Waals surface area contributed by atoms with Crippen molar-refractivity contribution in [1.82, 2.24) is 10.2 Å². The molecular weight excluding hydrogens is 243 g/mol. The van der Waals surface area contributed by atoms with Gasteiger partial charge in [-0.25, -0.2) is 0 Å². The lowest BCUT2D eigenvalue weighted by Gasteiger charge is -2.29. The van der Waals surface area contributed by atoms with E-state index in [0.29, 0.717) is 12.5 Å². The summed E-state index contributed by atoms with van der Waals surface area (Å²) in [6.45, 7) is 2.39. The first-order chi connectivity index (χ1) is 8.43. The topological polar surface area (TPSA) is 39.1 Å². The van der Waals surface area contributed by atoms with Gasteiger partial charge in [0.1, 0.15) is 0 Å². The summed E-state index contributed by atoms with van der Waals surface area (Å²) in [5, 5.41) is 11.2. The maximum atomic E-state index is 12.3. The van der Waals surface area contributed by atoms with E-state index in [2.05, 4.69) is 17.3 Å². The van der Waals surface area contributed by atoms with Crippen LogP contribution in [0.25, 0.3) is 0 Å². The van der Waals surface area contributed by atoms with Crippen molar-refractivity contribution in [3.8, 4) is 6.07 Å². The molecule has 1 aliphatic rings. The van der Waals surface area contributed by atoms with E-state index in [1.54, 1.807) is 0 Å². The first-order valence-corrected chi connectivity index (χ1v) is 6.29. The van der Waals surface area contributed by atoms with E-state index >= 15 is 0 Å². The molecule has 1 fully saturated rings. The van der Waals surface area contributed by atoms with Crippen LogP contribution < -0.4 is 5.32 Å². The van der Waals surface area contributed by atoms with Crippen molar-refractivity contribution < 1.29 is 13.2 Å². The molecule has 6 heteroatoms. The number of rotatable bonds is 5. The highest BCUT2D eigenvalue weighted by atomic mass is 19.4. The molecule has 1 saturated heterocycles. The largest absolute Gasteiger partial charge is 0.405 e. The number of hydrogen-bond donors (Lipinski definition) is 1. The molecule has 1 heterocycles. The van der Waals surface area contributed by atoms with Gasteiger partial charge in [-0.3, -0.25) is 0 Å². The van der Waals surface area contributed by atoms with Gasteiger partial charge in [0.25, 0.3) is 0 Å². The Labute approximate surface area is 106 Å². The van der Waals surface area contributed by atoms with Crippen LogP contribution in [0.5, 0.6) is 0 Å². The fourth-order valence-corrected chi connectivity index (χ4v) is 2.14. The van der Waals surface area contributed by atoms with Crippen LogP contribution in [0.3, 0.4) is 0 Å². The highest BCUT2D eigenvalue weighted by Gasteiger charge is 2.39. The molecule has 3 nitrogen and oxygen atoms in total. The number of halogens is 3. The van der Waals surface area contributed by atoms with Crippen LogP contribution in [-0.2, 0) is 0 Å². The summed E-state index contributed by atoms with van der Waals surface area (Å²) in [5.74, 6) is -1.30. The summed E-state index contributed by atoms with van der Waals surface area (Å²) in [6, 6.07) is 1.29. The maximum absolute atomic E-state index is 12.3. The van der Waals surface area contributed by atoms with Crippen molar-refractivity contribution in [3.63, 3.8) is 0 Å². The molecule has 0 aromatic carbocycles. The molecule has 1 aliphatic heterocycles. The Hall–Kier alpha value is -0.800. The fraction of sp³-hybridized carbons (Fsp3) is 0.917. The van der Waals surface area contributed by atoms with Crippen LogP contribution in [0.15, 0.2) is 0 Å². The first kappa shape index (κ1) is 15.3. The van der Waals surface area contributed by atoms with Gasteiger partial charge < -0.3 is 10.2 Å². The van der Waals surface area contributed by atoms with E-state index in [-0.39, 0.29) is 6.54 Å². The predicted octanol–water partition coefficient (Wildman–Crippen LogP) is 2.01. The minimum absolute atomic E-state index is 0.299. The molecule has 0 bridgehead atoms. The lowest BCUT2D eigenvalue weighted by molar-refractivity contribution is -0.157. The molecule has 1 N–H and O–H groups in total. The van der Waals surface area contributed by atoms with Crippen molar-refractivity contribution >= 4 is 0 Å². The summed E-state index contributed by atoms with van der Waals surface area (Å²) in [5.41, 5.74) is 0. The summed E-state index contributed by atoms with van der Waals surface area (Å²) in [6.07, 6.45) is -1.31. The van der Waals surface area contributed by atoms with Crippen molar-refractivity contribution in [3.05, 3.63) is 0 Å². The van der Waals surface area contributed by atoms with Gasteiger partial charge in [0.2, 0.25) is 0 Å². The van der Waals surface area contributed by atoms with E-state index in [1.165, 1.54) is 6.07 Å². The molecule has 0 aromatic heterocycles. The smallest absolute Gasteiger partial charge is 0.315 e. The standard InChI is InChI=1S/C12H20F3N3/c1-18-6-3-10(4-7-18)2-5-17-9-11(8-16)12(13,14)15/h10-11,17H,2-7,9H2,1H3. The number of nitrogens with one attached hydrogen (secondary N) is 1. The monoisotopic (exact) mass is 263 g/mol. The van der Waals surface area contributed by atoms with Gasteiger partial charge in [0.05, 0.1) is 6.07 Å². The number of hydrogen-bond acceptors (Lipinski definition) is 3. The number of likely N-dealkylation sites (tertiary alicyclic amines) is 1. The Kier molecular flexibility index (Phi) is 5.89. The van der Waals surface area contributed by atoms with E-state index in [9.17, 15) is 13.2 Å².